The molecule has 1 heterocycles. The van der Waals surface area contributed by atoms with Crippen LogP contribution < -0.4 is 9.80 Å². The molecule has 72 heavy (non-hydrogen) atoms. The minimum Gasteiger partial charge on any atom is -0.456 e. The van der Waals surface area contributed by atoms with Crippen LogP contribution in [0, 0.1) is 0 Å². The molecule has 2 aliphatic rings. The van der Waals surface area contributed by atoms with Crippen LogP contribution in [0.25, 0.3) is 66.8 Å². The lowest BCUT2D eigenvalue weighted by atomic mass is 9.69. The first-order chi connectivity index (χ1) is 35.7. The van der Waals surface area contributed by atoms with Crippen LogP contribution in [0.1, 0.15) is 22.3 Å². The lowest BCUT2D eigenvalue weighted by molar-refractivity contribution is 0.628. The molecular formula is C69H46N2O. The third kappa shape index (κ3) is 6.59. The summed E-state index contributed by atoms with van der Waals surface area (Å²) in [4.78, 5) is 4.64. The highest BCUT2D eigenvalue weighted by molar-refractivity contribution is 6.03. The summed E-state index contributed by atoms with van der Waals surface area (Å²) >= 11 is 0. The first-order valence-electron chi connectivity index (χ1n) is 24.7. The summed E-state index contributed by atoms with van der Waals surface area (Å²) in [6.45, 7) is 0. The standard InChI is InChI=1S/C69H46N2O/c1-5-17-47(18-6-1)48-29-37-57(38-30-48)71(55-23-11-4-12-24-55)58-41-33-50(34-42-58)52-35-43-60-65(46-52)69(67-61-26-14-16-28-66(61)72-68(60)67)63-27-15-13-25-59(63)62-45-51(36-44-64(62)69)49-31-39-56(40-32-49)70(53-19-7-2-8-20-53)54-21-9-3-10-22-54/h1-46H. The Bertz CT molecular complexity index is 3900. The minimum atomic E-state index is -0.594. The molecule has 0 radical (unpaired) electrons. The second-order valence-electron chi connectivity index (χ2n) is 18.8. The van der Waals surface area contributed by atoms with Crippen molar-refractivity contribution in [3.05, 3.63) is 301 Å². The van der Waals surface area contributed by atoms with Gasteiger partial charge in [0.15, 0.2) is 0 Å². The van der Waals surface area contributed by atoms with Crippen molar-refractivity contribution in [2.75, 3.05) is 9.80 Å². The Balaban J connectivity index is 0.871. The van der Waals surface area contributed by atoms with Crippen LogP contribution in [0.15, 0.2) is 283 Å². The summed E-state index contributed by atoms with van der Waals surface area (Å²) in [6, 6.07) is 101. The molecule has 1 atom stereocenters. The topological polar surface area (TPSA) is 19.6 Å². The predicted octanol–water partition coefficient (Wildman–Crippen LogP) is 18.7. The van der Waals surface area contributed by atoms with E-state index in [-0.39, 0.29) is 0 Å². The van der Waals surface area contributed by atoms with Gasteiger partial charge in [0.1, 0.15) is 11.3 Å². The van der Waals surface area contributed by atoms with Gasteiger partial charge in [-0.1, -0.05) is 188 Å². The molecule has 0 N–H and O–H groups in total. The van der Waals surface area contributed by atoms with E-state index in [0.29, 0.717) is 0 Å². The second-order valence-corrected chi connectivity index (χ2v) is 18.8. The number of furan rings is 1. The van der Waals surface area contributed by atoms with Gasteiger partial charge in [0, 0.05) is 50.6 Å². The average Bonchev–Trinajstić information content (AvgIpc) is 4.09. The average molecular weight is 919 g/mol. The van der Waals surface area contributed by atoms with Crippen molar-refractivity contribution in [3.8, 4) is 55.8 Å². The largest absolute Gasteiger partial charge is 0.456 e. The monoisotopic (exact) mass is 918 g/mol. The van der Waals surface area contributed by atoms with E-state index in [1.54, 1.807) is 0 Å². The maximum absolute atomic E-state index is 6.94. The van der Waals surface area contributed by atoms with Gasteiger partial charge in [0.25, 0.3) is 0 Å². The molecule has 0 aliphatic heterocycles. The molecule has 0 amide bonds. The lowest BCUT2D eigenvalue weighted by Crippen LogP contribution is -2.25. The fraction of sp³-hybridized carbons (Fsp3) is 0.0145. The van der Waals surface area contributed by atoms with E-state index < -0.39 is 5.41 Å². The fourth-order valence-electron chi connectivity index (χ4n) is 11.7. The number of hydrogen-bond donors (Lipinski definition) is 0. The molecule has 0 fully saturated rings. The molecule has 338 valence electrons. The van der Waals surface area contributed by atoms with E-state index in [2.05, 4.69) is 289 Å². The molecule has 1 aromatic heterocycles. The Morgan fingerprint density at radius 1 is 0.264 bits per heavy atom. The third-order valence-corrected chi connectivity index (χ3v) is 14.9. The van der Waals surface area contributed by atoms with Gasteiger partial charge in [-0.15, -0.1) is 0 Å². The first-order valence-corrected chi connectivity index (χ1v) is 24.7. The number of rotatable bonds is 9. The number of anilines is 6. The number of nitrogens with zero attached hydrogens (tertiary/aromatic N) is 2. The molecule has 11 aromatic carbocycles. The van der Waals surface area contributed by atoms with Crippen LogP contribution in [0.5, 0.6) is 0 Å². The molecule has 14 rings (SSSR count). The molecule has 3 nitrogen and oxygen atoms in total. The Labute approximate surface area is 419 Å². The molecule has 1 spiro atoms. The van der Waals surface area contributed by atoms with Gasteiger partial charge >= 0.3 is 0 Å². The maximum Gasteiger partial charge on any atom is 0.140 e. The van der Waals surface area contributed by atoms with Gasteiger partial charge in [0.05, 0.1) is 5.41 Å². The van der Waals surface area contributed by atoms with Crippen molar-refractivity contribution in [2.24, 2.45) is 0 Å². The quantitative estimate of drug-likeness (QED) is 0.144. The zero-order valence-corrected chi connectivity index (χ0v) is 39.4. The SMILES string of the molecule is c1ccc(-c2ccc(N(c3ccccc3)c3ccc(-c4ccc5c(c4)C4(c6ccccc6-c6cc(-c7ccc(N(c8ccccc8)c8ccccc8)cc7)ccc64)c4c-5oc5ccccc45)cc3)cc2)cc1. The van der Waals surface area contributed by atoms with Crippen molar-refractivity contribution >= 4 is 45.1 Å². The molecule has 12 aromatic rings. The summed E-state index contributed by atoms with van der Waals surface area (Å²) in [6.07, 6.45) is 0. The number of fused-ring (bicyclic) bond motifs is 12. The Morgan fingerprint density at radius 2 is 0.667 bits per heavy atom. The molecule has 0 saturated heterocycles. The second kappa shape index (κ2) is 16.9. The van der Waals surface area contributed by atoms with E-state index in [1.807, 2.05) is 0 Å². The Hall–Kier alpha value is -9.44. The Morgan fingerprint density at radius 3 is 1.24 bits per heavy atom. The van der Waals surface area contributed by atoms with E-state index in [1.165, 1.54) is 55.6 Å². The molecule has 2 aliphatic carbocycles. The Kier molecular flexibility index (Phi) is 9.75. The van der Waals surface area contributed by atoms with Crippen molar-refractivity contribution in [1.29, 1.82) is 0 Å². The van der Waals surface area contributed by atoms with E-state index in [9.17, 15) is 0 Å². The molecule has 1 unspecified atom stereocenters. The zero-order chi connectivity index (χ0) is 47.6. The maximum atomic E-state index is 6.94. The summed E-state index contributed by atoms with van der Waals surface area (Å²) < 4.78 is 6.94. The van der Waals surface area contributed by atoms with E-state index in [4.69, 9.17) is 4.42 Å². The van der Waals surface area contributed by atoms with Gasteiger partial charge < -0.3 is 14.2 Å². The van der Waals surface area contributed by atoms with Gasteiger partial charge in [0.2, 0.25) is 0 Å². The van der Waals surface area contributed by atoms with Crippen molar-refractivity contribution in [2.45, 2.75) is 5.41 Å². The zero-order valence-electron chi connectivity index (χ0n) is 39.4. The highest BCUT2D eigenvalue weighted by atomic mass is 16.3. The van der Waals surface area contributed by atoms with Gasteiger partial charge in [-0.25, -0.2) is 0 Å². The smallest absolute Gasteiger partial charge is 0.140 e. The van der Waals surface area contributed by atoms with Crippen LogP contribution in [-0.2, 0) is 5.41 Å². The first kappa shape index (κ1) is 41.5. The van der Waals surface area contributed by atoms with Crippen molar-refractivity contribution in [1.82, 2.24) is 0 Å². The number of hydrogen-bond acceptors (Lipinski definition) is 3. The molecular weight excluding hydrogens is 873 g/mol. The van der Waals surface area contributed by atoms with Crippen molar-refractivity contribution in [3.63, 3.8) is 0 Å². The van der Waals surface area contributed by atoms with Gasteiger partial charge in [-0.05, 0) is 152 Å². The van der Waals surface area contributed by atoms with Gasteiger partial charge in [-0.3, -0.25) is 0 Å². The summed E-state index contributed by atoms with van der Waals surface area (Å²) in [5, 5.41) is 1.15. The molecule has 3 heteroatoms. The molecule has 0 bridgehead atoms. The van der Waals surface area contributed by atoms with Crippen molar-refractivity contribution < 1.29 is 4.42 Å². The summed E-state index contributed by atoms with van der Waals surface area (Å²) in [5.41, 5.74) is 22.7. The van der Waals surface area contributed by atoms with Gasteiger partial charge in [-0.2, -0.15) is 0 Å². The van der Waals surface area contributed by atoms with Crippen LogP contribution in [0.4, 0.5) is 34.1 Å². The van der Waals surface area contributed by atoms with Crippen LogP contribution >= 0.6 is 0 Å². The highest BCUT2D eigenvalue weighted by Crippen LogP contribution is 2.65. The van der Waals surface area contributed by atoms with E-state index >= 15 is 0 Å². The third-order valence-electron chi connectivity index (χ3n) is 14.9. The normalized spacial score (nSPS) is 13.9. The predicted molar refractivity (Wildman–Crippen MR) is 298 cm³/mol. The highest BCUT2D eigenvalue weighted by Gasteiger charge is 2.54. The number of para-hydroxylation sites is 4. The fourth-order valence-corrected chi connectivity index (χ4v) is 11.7. The summed E-state index contributed by atoms with van der Waals surface area (Å²) in [7, 11) is 0. The summed E-state index contributed by atoms with van der Waals surface area (Å²) in [5.74, 6) is 0.952. The van der Waals surface area contributed by atoms with Crippen LogP contribution in [0.2, 0.25) is 0 Å². The molecule has 0 saturated carbocycles. The van der Waals surface area contributed by atoms with Crippen LogP contribution in [-0.4, -0.2) is 0 Å². The lowest BCUT2D eigenvalue weighted by Gasteiger charge is -2.30. The van der Waals surface area contributed by atoms with Crippen LogP contribution in [0.3, 0.4) is 0 Å². The number of benzene rings is 11. The minimum absolute atomic E-state index is 0.594. The van der Waals surface area contributed by atoms with E-state index in [0.717, 1.165) is 67.5 Å².